The minimum atomic E-state index is -0.462. The van der Waals surface area contributed by atoms with Gasteiger partial charge in [0.25, 0.3) is 11.5 Å². The molecule has 2 amide bonds. The number of carbonyl (C=O) groups is 2. The van der Waals surface area contributed by atoms with Gasteiger partial charge in [-0.05, 0) is 38.0 Å². The molecule has 10 heteroatoms. The van der Waals surface area contributed by atoms with Crippen molar-refractivity contribution < 1.29 is 9.59 Å². The SMILES string of the molecule is Cc1nc(-c2ccc(C#N)cc2N)cc(=O)n1CC(=O)N1CCC(C(=O)N=N)CC1. The molecule has 0 unspecified atom stereocenters. The van der Waals surface area contributed by atoms with Gasteiger partial charge in [-0.2, -0.15) is 5.26 Å². The largest absolute Gasteiger partial charge is 0.398 e. The van der Waals surface area contributed by atoms with Gasteiger partial charge in [0.2, 0.25) is 5.91 Å². The molecule has 0 spiro atoms. The molecule has 0 aliphatic carbocycles. The van der Waals surface area contributed by atoms with Crippen molar-refractivity contribution in [1.82, 2.24) is 14.5 Å². The lowest BCUT2D eigenvalue weighted by molar-refractivity contribution is -0.135. The normalized spacial score (nSPS) is 14.2. The number of nitrogens with two attached hydrogens (primary N) is 1. The van der Waals surface area contributed by atoms with Crippen molar-refractivity contribution in [3.8, 4) is 17.3 Å². The maximum absolute atomic E-state index is 12.6. The van der Waals surface area contributed by atoms with Gasteiger partial charge < -0.3 is 10.6 Å². The third-order valence-corrected chi connectivity index (χ3v) is 5.26. The zero-order valence-electron chi connectivity index (χ0n) is 16.5. The van der Waals surface area contributed by atoms with Crippen molar-refractivity contribution in [2.45, 2.75) is 26.3 Å². The lowest BCUT2D eigenvalue weighted by Crippen LogP contribution is -2.43. The summed E-state index contributed by atoms with van der Waals surface area (Å²) in [4.78, 5) is 42.8. The molecule has 1 aromatic heterocycles. The van der Waals surface area contributed by atoms with Gasteiger partial charge in [0.05, 0.1) is 17.3 Å². The van der Waals surface area contributed by atoms with E-state index in [1.165, 1.54) is 16.7 Å². The van der Waals surface area contributed by atoms with Gasteiger partial charge in [0.1, 0.15) is 12.4 Å². The van der Waals surface area contributed by atoms with E-state index in [1.807, 2.05) is 6.07 Å². The highest BCUT2D eigenvalue weighted by Gasteiger charge is 2.27. The number of hydrogen-bond donors (Lipinski definition) is 2. The smallest absolute Gasteiger partial charge is 0.267 e. The molecule has 2 heterocycles. The van der Waals surface area contributed by atoms with Crippen LogP contribution in [0.15, 0.2) is 34.2 Å². The Balaban J connectivity index is 1.76. The standard InChI is InChI=1S/C20H21N7O3/c1-12-24-17(15-3-2-13(10-21)8-16(15)22)9-18(28)27(12)11-19(29)26-6-4-14(5-7-26)20(30)25-23/h2-3,8-9,14,23H,4-7,11,22H2,1H3. The first-order chi connectivity index (χ1) is 14.3. The Morgan fingerprint density at radius 3 is 2.60 bits per heavy atom. The third kappa shape index (κ3) is 4.25. The Morgan fingerprint density at radius 2 is 2.03 bits per heavy atom. The van der Waals surface area contributed by atoms with Crippen LogP contribution in [0.3, 0.4) is 0 Å². The molecule has 0 bridgehead atoms. The van der Waals surface area contributed by atoms with Gasteiger partial charge in [0.15, 0.2) is 0 Å². The van der Waals surface area contributed by atoms with Crippen molar-refractivity contribution in [3.05, 3.63) is 46.0 Å². The number of nitriles is 1. The number of nitrogens with zero attached hydrogens (tertiary/aromatic N) is 5. The molecule has 30 heavy (non-hydrogen) atoms. The number of benzene rings is 1. The fourth-order valence-corrected chi connectivity index (χ4v) is 3.52. The molecule has 0 saturated carbocycles. The highest BCUT2D eigenvalue weighted by Crippen LogP contribution is 2.24. The number of amides is 2. The van der Waals surface area contributed by atoms with Gasteiger partial charge >= 0.3 is 0 Å². The monoisotopic (exact) mass is 407 g/mol. The van der Waals surface area contributed by atoms with Crippen molar-refractivity contribution in [2.24, 2.45) is 11.0 Å². The minimum absolute atomic E-state index is 0.151. The number of aryl methyl sites for hydroxylation is 1. The molecule has 154 valence electrons. The Bertz CT molecular complexity index is 1110. The summed E-state index contributed by atoms with van der Waals surface area (Å²) in [5, 5.41) is 11.9. The quantitative estimate of drug-likeness (QED) is 0.577. The second-order valence-electron chi connectivity index (χ2n) is 7.13. The number of anilines is 1. The van der Waals surface area contributed by atoms with E-state index >= 15 is 0 Å². The summed E-state index contributed by atoms with van der Waals surface area (Å²) in [5.41, 5.74) is 14.1. The van der Waals surface area contributed by atoms with Crippen LogP contribution >= 0.6 is 0 Å². The van der Waals surface area contributed by atoms with Crippen LogP contribution in [0.5, 0.6) is 0 Å². The number of carbonyl (C=O) groups excluding carboxylic acids is 2. The molecule has 1 aliphatic heterocycles. The van der Waals surface area contributed by atoms with Crippen molar-refractivity contribution in [2.75, 3.05) is 18.8 Å². The number of hydrogen-bond acceptors (Lipinski definition) is 7. The van der Waals surface area contributed by atoms with E-state index in [2.05, 4.69) is 10.1 Å². The molecule has 1 saturated heterocycles. The fraction of sp³-hybridized carbons (Fsp3) is 0.350. The van der Waals surface area contributed by atoms with Gasteiger partial charge in [-0.15, -0.1) is 5.11 Å². The van der Waals surface area contributed by atoms with Crippen LogP contribution in [0, 0.1) is 29.7 Å². The van der Waals surface area contributed by atoms with E-state index in [9.17, 15) is 14.4 Å². The molecule has 3 rings (SSSR count). The lowest BCUT2D eigenvalue weighted by Gasteiger charge is -2.30. The van der Waals surface area contributed by atoms with E-state index in [0.29, 0.717) is 54.3 Å². The molecule has 2 aromatic rings. The third-order valence-electron chi connectivity index (χ3n) is 5.26. The molecular weight excluding hydrogens is 386 g/mol. The van der Waals surface area contributed by atoms with E-state index in [-0.39, 0.29) is 23.9 Å². The molecule has 10 nitrogen and oxygen atoms in total. The predicted molar refractivity (Wildman–Crippen MR) is 107 cm³/mol. The second kappa shape index (κ2) is 8.65. The van der Waals surface area contributed by atoms with E-state index in [1.54, 1.807) is 24.0 Å². The highest BCUT2D eigenvalue weighted by molar-refractivity contribution is 5.80. The van der Waals surface area contributed by atoms with Gasteiger partial charge in [-0.3, -0.25) is 19.0 Å². The highest BCUT2D eigenvalue weighted by atomic mass is 16.2. The molecule has 1 aliphatic rings. The van der Waals surface area contributed by atoms with Crippen LogP contribution in [0.25, 0.3) is 11.3 Å². The first-order valence-electron chi connectivity index (χ1n) is 9.41. The molecule has 0 radical (unpaired) electrons. The van der Waals surface area contributed by atoms with Crippen LogP contribution in [0.2, 0.25) is 0 Å². The Hall–Kier alpha value is -3.87. The Morgan fingerprint density at radius 1 is 1.33 bits per heavy atom. The molecule has 0 atom stereocenters. The van der Waals surface area contributed by atoms with Crippen LogP contribution in [0.4, 0.5) is 5.69 Å². The summed E-state index contributed by atoms with van der Waals surface area (Å²) < 4.78 is 1.29. The molecular formula is C20H21N7O3. The fourth-order valence-electron chi connectivity index (χ4n) is 3.52. The molecule has 1 fully saturated rings. The van der Waals surface area contributed by atoms with Gasteiger partial charge in [-0.25, -0.2) is 10.5 Å². The number of aromatic nitrogens is 2. The van der Waals surface area contributed by atoms with Crippen LogP contribution in [-0.4, -0.2) is 39.4 Å². The van der Waals surface area contributed by atoms with Crippen LogP contribution in [0.1, 0.15) is 24.2 Å². The van der Waals surface area contributed by atoms with Gasteiger partial charge in [-0.1, -0.05) is 0 Å². The summed E-state index contributed by atoms with van der Waals surface area (Å²) in [6.45, 7) is 2.25. The van der Waals surface area contributed by atoms with Crippen molar-refractivity contribution >= 4 is 17.5 Å². The zero-order valence-corrected chi connectivity index (χ0v) is 16.5. The number of piperidine rings is 1. The van der Waals surface area contributed by atoms with E-state index in [4.69, 9.17) is 16.5 Å². The first-order valence-corrected chi connectivity index (χ1v) is 9.41. The van der Waals surface area contributed by atoms with Gasteiger partial charge in [0, 0.05) is 36.3 Å². The maximum atomic E-state index is 12.6. The van der Waals surface area contributed by atoms with Crippen molar-refractivity contribution in [3.63, 3.8) is 0 Å². The number of nitrogen functional groups attached to an aromatic ring is 1. The summed E-state index contributed by atoms with van der Waals surface area (Å²) in [6, 6.07) is 8.07. The molecule has 1 aromatic carbocycles. The van der Waals surface area contributed by atoms with E-state index in [0.717, 1.165) is 0 Å². The van der Waals surface area contributed by atoms with Crippen molar-refractivity contribution in [1.29, 1.82) is 10.8 Å². The second-order valence-corrected chi connectivity index (χ2v) is 7.13. The Labute approximate surface area is 172 Å². The molecule has 3 N–H and O–H groups in total. The average Bonchev–Trinajstić information content (AvgIpc) is 2.75. The Kier molecular flexibility index (Phi) is 6.01. The van der Waals surface area contributed by atoms with Crippen LogP contribution < -0.4 is 11.3 Å². The number of rotatable bonds is 4. The zero-order chi connectivity index (χ0) is 21.8. The summed E-state index contributed by atoms with van der Waals surface area (Å²) in [7, 11) is 0. The topological polar surface area (TPSA) is 158 Å². The van der Waals surface area contributed by atoms with E-state index < -0.39 is 5.91 Å². The number of nitrogens with one attached hydrogen (secondary N) is 1. The summed E-state index contributed by atoms with van der Waals surface area (Å²) in [6.07, 6.45) is 0.909. The minimum Gasteiger partial charge on any atom is -0.398 e. The average molecular weight is 407 g/mol. The summed E-state index contributed by atoms with van der Waals surface area (Å²) in [5.74, 6) is -0.653. The number of likely N-dealkylation sites (tertiary alicyclic amines) is 1. The first kappa shape index (κ1) is 20.9. The predicted octanol–water partition coefficient (Wildman–Crippen LogP) is 1.47. The lowest BCUT2D eigenvalue weighted by atomic mass is 9.96. The maximum Gasteiger partial charge on any atom is 0.267 e. The summed E-state index contributed by atoms with van der Waals surface area (Å²) >= 11 is 0. The van der Waals surface area contributed by atoms with Crippen LogP contribution in [-0.2, 0) is 16.1 Å².